The maximum Gasteiger partial charge on any atom is 0.161 e. The normalized spacial score (nSPS) is 12.0. The van der Waals surface area contributed by atoms with Crippen molar-refractivity contribution in [3.05, 3.63) is 59.7 Å². The minimum absolute atomic E-state index is 0.198. The fourth-order valence-corrected chi connectivity index (χ4v) is 2.20. The number of aliphatic hydroxyl groups is 2. The molecule has 1 unspecified atom stereocenters. The largest absolute Gasteiger partial charge is 0.493 e. The van der Waals surface area contributed by atoms with Gasteiger partial charge in [-0.25, -0.2) is 0 Å². The molecular formula is C18H22O4. The van der Waals surface area contributed by atoms with E-state index in [-0.39, 0.29) is 6.61 Å². The van der Waals surface area contributed by atoms with Crippen molar-refractivity contribution in [3.8, 4) is 11.5 Å². The summed E-state index contributed by atoms with van der Waals surface area (Å²) in [4.78, 5) is 0. The molecule has 2 rings (SSSR count). The molecule has 0 aliphatic rings. The summed E-state index contributed by atoms with van der Waals surface area (Å²) in [6.45, 7) is 0.257. The van der Waals surface area contributed by atoms with Gasteiger partial charge in [-0.05, 0) is 36.1 Å². The molecule has 2 aromatic rings. The molecule has 22 heavy (non-hydrogen) atoms. The van der Waals surface area contributed by atoms with Crippen LogP contribution in [-0.4, -0.2) is 30.0 Å². The second-order valence-electron chi connectivity index (χ2n) is 5.13. The Morgan fingerprint density at radius 1 is 1.00 bits per heavy atom. The smallest absolute Gasteiger partial charge is 0.161 e. The molecule has 0 aliphatic heterocycles. The van der Waals surface area contributed by atoms with E-state index in [0.717, 1.165) is 17.5 Å². The van der Waals surface area contributed by atoms with E-state index in [1.54, 1.807) is 7.11 Å². The molecule has 0 saturated heterocycles. The van der Waals surface area contributed by atoms with Crippen molar-refractivity contribution in [3.63, 3.8) is 0 Å². The topological polar surface area (TPSA) is 58.9 Å². The van der Waals surface area contributed by atoms with Gasteiger partial charge in [0.05, 0.1) is 19.8 Å². The summed E-state index contributed by atoms with van der Waals surface area (Å²) >= 11 is 0. The lowest BCUT2D eigenvalue weighted by Crippen LogP contribution is -2.12. The van der Waals surface area contributed by atoms with Gasteiger partial charge in [0.2, 0.25) is 0 Å². The van der Waals surface area contributed by atoms with E-state index >= 15 is 0 Å². The van der Waals surface area contributed by atoms with Gasteiger partial charge in [0.15, 0.2) is 11.5 Å². The van der Waals surface area contributed by atoms with Crippen LogP contribution in [0.4, 0.5) is 0 Å². The number of hydrogen-bond donors (Lipinski definition) is 2. The van der Waals surface area contributed by atoms with E-state index in [2.05, 4.69) is 6.07 Å². The number of rotatable bonds is 8. The van der Waals surface area contributed by atoms with E-state index in [0.29, 0.717) is 24.5 Å². The highest BCUT2D eigenvalue weighted by atomic mass is 16.5. The van der Waals surface area contributed by atoms with Gasteiger partial charge in [-0.1, -0.05) is 36.4 Å². The van der Waals surface area contributed by atoms with Crippen molar-refractivity contribution in [1.82, 2.24) is 0 Å². The van der Waals surface area contributed by atoms with Crippen molar-refractivity contribution < 1.29 is 19.7 Å². The number of aryl methyl sites for hydroxylation is 1. The number of para-hydroxylation sites is 2. The first-order chi connectivity index (χ1) is 10.7. The summed E-state index contributed by atoms with van der Waals surface area (Å²) < 4.78 is 11.1. The molecule has 4 heteroatoms. The van der Waals surface area contributed by atoms with E-state index in [1.807, 2.05) is 42.5 Å². The molecule has 0 heterocycles. The number of aliphatic hydroxyl groups excluding tert-OH is 2. The van der Waals surface area contributed by atoms with Crippen LogP contribution in [0.15, 0.2) is 48.5 Å². The van der Waals surface area contributed by atoms with Gasteiger partial charge in [-0.3, -0.25) is 0 Å². The third-order valence-electron chi connectivity index (χ3n) is 3.43. The molecule has 1 atom stereocenters. The van der Waals surface area contributed by atoms with E-state index in [4.69, 9.17) is 14.6 Å². The van der Waals surface area contributed by atoms with Gasteiger partial charge in [-0.15, -0.1) is 0 Å². The second-order valence-corrected chi connectivity index (χ2v) is 5.13. The lowest BCUT2D eigenvalue weighted by molar-refractivity contribution is 0.0886. The van der Waals surface area contributed by atoms with Crippen molar-refractivity contribution in [2.24, 2.45) is 0 Å². The first-order valence-corrected chi connectivity index (χ1v) is 7.35. The molecule has 0 radical (unpaired) electrons. The quantitative estimate of drug-likeness (QED) is 0.787. The lowest BCUT2D eigenvalue weighted by atomic mass is 10.0. The van der Waals surface area contributed by atoms with Gasteiger partial charge < -0.3 is 19.7 Å². The molecule has 0 bridgehead atoms. The summed E-state index contributed by atoms with van der Waals surface area (Å²) in [5.74, 6) is 1.43. The number of ether oxygens (including phenoxy) is 2. The zero-order chi connectivity index (χ0) is 15.8. The first-order valence-electron chi connectivity index (χ1n) is 7.35. The molecular weight excluding hydrogens is 280 g/mol. The van der Waals surface area contributed by atoms with E-state index in [9.17, 15) is 5.11 Å². The van der Waals surface area contributed by atoms with Crippen molar-refractivity contribution >= 4 is 0 Å². The highest BCUT2D eigenvalue weighted by Gasteiger charge is 2.05. The fraction of sp³-hybridized carbons (Fsp3) is 0.333. The highest BCUT2D eigenvalue weighted by molar-refractivity contribution is 5.39. The van der Waals surface area contributed by atoms with Crippen molar-refractivity contribution in [1.29, 1.82) is 0 Å². The number of hydrogen-bond acceptors (Lipinski definition) is 4. The van der Waals surface area contributed by atoms with Gasteiger partial charge in [-0.2, -0.15) is 0 Å². The third kappa shape index (κ3) is 4.76. The van der Waals surface area contributed by atoms with Gasteiger partial charge in [0, 0.05) is 0 Å². The Labute approximate surface area is 130 Å². The predicted molar refractivity (Wildman–Crippen MR) is 85.2 cm³/mol. The molecule has 0 saturated carbocycles. The lowest BCUT2D eigenvalue weighted by Gasteiger charge is -2.11. The molecule has 0 aromatic heterocycles. The maximum absolute atomic E-state index is 9.41. The summed E-state index contributed by atoms with van der Waals surface area (Å²) in [6, 6.07) is 15.6. The molecule has 2 N–H and O–H groups in total. The minimum atomic E-state index is -0.659. The molecule has 118 valence electrons. The van der Waals surface area contributed by atoms with Crippen LogP contribution >= 0.6 is 0 Å². The third-order valence-corrected chi connectivity index (χ3v) is 3.43. The Morgan fingerprint density at radius 2 is 1.73 bits per heavy atom. The average molecular weight is 302 g/mol. The number of benzene rings is 2. The summed E-state index contributed by atoms with van der Waals surface area (Å²) in [5, 5.41) is 18.3. The molecule has 0 amide bonds. The van der Waals surface area contributed by atoms with Crippen LogP contribution in [0.25, 0.3) is 0 Å². The average Bonchev–Trinajstić information content (AvgIpc) is 2.58. The molecule has 2 aromatic carbocycles. The monoisotopic (exact) mass is 302 g/mol. The maximum atomic E-state index is 9.41. The van der Waals surface area contributed by atoms with E-state index in [1.165, 1.54) is 0 Å². The zero-order valence-electron chi connectivity index (χ0n) is 12.7. The molecule has 4 nitrogen and oxygen atoms in total. The fourth-order valence-electron chi connectivity index (χ4n) is 2.20. The SMILES string of the molecule is COc1ccccc1OCc1cccc(CCC(O)CO)c1. The summed E-state index contributed by atoms with van der Waals surface area (Å²) in [6.07, 6.45) is 0.617. The minimum Gasteiger partial charge on any atom is -0.493 e. The van der Waals surface area contributed by atoms with Crippen molar-refractivity contribution in [2.45, 2.75) is 25.6 Å². The van der Waals surface area contributed by atoms with Crippen LogP contribution in [0.3, 0.4) is 0 Å². The molecule has 0 spiro atoms. The number of methoxy groups -OCH3 is 1. The molecule has 0 aliphatic carbocycles. The Kier molecular flexibility index (Phi) is 6.25. The zero-order valence-corrected chi connectivity index (χ0v) is 12.7. The Balaban J connectivity index is 1.95. The standard InChI is InChI=1S/C18H22O4/c1-21-17-7-2-3-8-18(17)22-13-15-6-4-5-14(11-15)9-10-16(20)12-19/h2-8,11,16,19-20H,9-10,12-13H2,1H3. The highest BCUT2D eigenvalue weighted by Crippen LogP contribution is 2.26. The first kappa shape index (κ1) is 16.3. The van der Waals surface area contributed by atoms with Crippen LogP contribution in [0.1, 0.15) is 17.5 Å². The van der Waals surface area contributed by atoms with Gasteiger partial charge in [0.25, 0.3) is 0 Å². The Hall–Kier alpha value is -2.04. The van der Waals surface area contributed by atoms with Crippen LogP contribution in [0.2, 0.25) is 0 Å². The predicted octanol–water partition coefficient (Wildman–Crippen LogP) is 2.56. The van der Waals surface area contributed by atoms with Gasteiger partial charge >= 0.3 is 0 Å². The van der Waals surface area contributed by atoms with Crippen LogP contribution in [-0.2, 0) is 13.0 Å². The van der Waals surface area contributed by atoms with Crippen LogP contribution in [0.5, 0.6) is 11.5 Å². The van der Waals surface area contributed by atoms with Gasteiger partial charge in [0.1, 0.15) is 6.61 Å². The molecule has 0 fully saturated rings. The Bertz CT molecular complexity index is 583. The van der Waals surface area contributed by atoms with Crippen LogP contribution in [0, 0.1) is 0 Å². The van der Waals surface area contributed by atoms with E-state index < -0.39 is 6.10 Å². The summed E-state index contributed by atoms with van der Waals surface area (Å²) in [7, 11) is 1.62. The van der Waals surface area contributed by atoms with Crippen LogP contribution < -0.4 is 9.47 Å². The summed E-state index contributed by atoms with van der Waals surface area (Å²) in [5.41, 5.74) is 2.18. The van der Waals surface area contributed by atoms with Crippen molar-refractivity contribution in [2.75, 3.05) is 13.7 Å². The Morgan fingerprint density at radius 3 is 2.45 bits per heavy atom. The second kappa shape index (κ2) is 8.41.